The van der Waals surface area contributed by atoms with Gasteiger partial charge in [-0.1, -0.05) is 36.4 Å². The molecule has 0 bridgehead atoms. The van der Waals surface area contributed by atoms with E-state index in [9.17, 15) is 18.3 Å². The summed E-state index contributed by atoms with van der Waals surface area (Å²) in [5.74, 6) is -0.239. The van der Waals surface area contributed by atoms with E-state index in [0.29, 0.717) is 5.56 Å². The minimum Gasteiger partial charge on any atom is -0.392 e. The van der Waals surface area contributed by atoms with Crippen LogP contribution in [0, 0.1) is 0 Å². The van der Waals surface area contributed by atoms with E-state index in [2.05, 4.69) is 0 Å². The normalized spacial score (nSPS) is 21.5. The first kappa shape index (κ1) is 14.8. The molecule has 0 heterocycles. The van der Waals surface area contributed by atoms with Crippen LogP contribution < -0.4 is 0 Å². The van der Waals surface area contributed by atoms with Gasteiger partial charge in [-0.25, -0.2) is 0 Å². The summed E-state index contributed by atoms with van der Waals surface area (Å²) >= 11 is 0. The molecule has 4 heteroatoms. The first-order valence-electron chi connectivity index (χ1n) is 7.85. The molecule has 0 aliphatic heterocycles. The minimum atomic E-state index is -4.34. The maximum atomic E-state index is 13.4. The van der Waals surface area contributed by atoms with Gasteiger partial charge in [-0.2, -0.15) is 13.2 Å². The minimum absolute atomic E-state index is 0.0622. The SMILES string of the molecule is OCc1ccc2c(c1)C(c1ccccc1C(F)(F)F)CC21CC1. The van der Waals surface area contributed by atoms with E-state index in [0.717, 1.165) is 30.4 Å². The Balaban J connectivity index is 1.87. The van der Waals surface area contributed by atoms with Crippen molar-refractivity contribution in [3.8, 4) is 0 Å². The number of aliphatic hydroxyl groups excluding tert-OH is 1. The number of aliphatic hydroxyl groups is 1. The molecule has 2 aliphatic rings. The third kappa shape index (κ3) is 2.27. The number of hydrogen-bond donors (Lipinski definition) is 1. The highest BCUT2D eigenvalue weighted by Gasteiger charge is 2.53. The highest BCUT2D eigenvalue weighted by molar-refractivity contribution is 5.53. The first-order chi connectivity index (χ1) is 10.9. The lowest BCUT2D eigenvalue weighted by atomic mass is 9.88. The molecule has 2 aliphatic carbocycles. The largest absolute Gasteiger partial charge is 0.416 e. The molecule has 120 valence electrons. The standard InChI is InChI=1S/C19H17F3O/c20-19(21,22)17-4-2-1-3-13(17)15-10-18(7-8-18)16-6-5-12(11-23)9-14(15)16/h1-6,9,15,23H,7-8,10-11H2. The lowest BCUT2D eigenvalue weighted by molar-refractivity contribution is -0.138. The smallest absolute Gasteiger partial charge is 0.392 e. The topological polar surface area (TPSA) is 20.2 Å². The molecule has 2 aromatic carbocycles. The number of benzene rings is 2. The predicted molar refractivity (Wildman–Crippen MR) is 81.2 cm³/mol. The number of rotatable bonds is 2. The molecule has 1 N–H and O–H groups in total. The van der Waals surface area contributed by atoms with Crippen molar-refractivity contribution < 1.29 is 18.3 Å². The van der Waals surface area contributed by atoms with E-state index in [1.54, 1.807) is 12.1 Å². The van der Waals surface area contributed by atoms with Gasteiger partial charge in [0.05, 0.1) is 12.2 Å². The lowest BCUT2D eigenvalue weighted by Crippen LogP contribution is -2.12. The second kappa shape index (κ2) is 4.84. The van der Waals surface area contributed by atoms with Crippen LogP contribution >= 0.6 is 0 Å². The van der Waals surface area contributed by atoms with Crippen LogP contribution in [0.5, 0.6) is 0 Å². The van der Waals surface area contributed by atoms with Gasteiger partial charge in [0.2, 0.25) is 0 Å². The number of alkyl halides is 3. The number of halogens is 3. The molecule has 1 nitrogen and oxygen atoms in total. The number of fused-ring (bicyclic) bond motifs is 2. The summed E-state index contributed by atoms with van der Waals surface area (Å²) in [6, 6.07) is 11.7. The zero-order chi connectivity index (χ0) is 16.2. The summed E-state index contributed by atoms with van der Waals surface area (Å²) in [5, 5.41) is 9.38. The van der Waals surface area contributed by atoms with Crippen molar-refractivity contribution in [2.45, 2.75) is 43.4 Å². The molecule has 0 amide bonds. The van der Waals surface area contributed by atoms with Gasteiger partial charge in [0.25, 0.3) is 0 Å². The van der Waals surface area contributed by atoms with E-state index < -0.39 is 11.7 Å². The van der Waals surface area contributed by atoms with Gasteiger partial charge in [-0.05, 0) is 53.0 Å². The molecule has 1 spiro atoms. The molecule has 1 atom stereocenters. The van der Waals surface area contributed by atoms with Crippen LogP contribution in [0.25, 0.3) is 0 Å². The van der Waals surface area contributed by atoms with Crippen molar-refractivity contribution in [1.82, 2.24) is 0 Å². The fourth-order valence-electron chi connectivity index (χ4n) is 4.05. The summed E-state index contributed by atoms with van der Waals surface area (Å²) in [7, 11) is 0. The summed E-state index contributed by atoms with van der Waals surface area (Å²) in [6.45, 7) is -0.0894. The summed E-state index contributed by atoms with van der Waals surface area (Å²) in [6.07, 6.45) is -1.51. The van der Waals surface area contributed by atoms with Gasteiger partial charge in [0, 0.05) is 5.92 Å². The van der Waals surface area contributed by atoms with Gasteiger partial charge in [-0.15, -0.1) is 0 Å². The molecule has 1 fully saturated rings. The zero-order valence-electron chi connectivity index (χ0n) is 12.5. The van der Waals surface area contributed by atoms with Crippen molar-refractivity contribution >= 4 is 0 Å². The third-order valence-corrected chi connectivity index (χ3v) is 5.34. The first-order valence-corrected chi connectivity index (χ1v) is 7.85. The predicted octanol–water partition coefficient (Wildman–Crippen LogP) is 4.76. The Labute approximate surface area is 132 Å². The number of hydrogen-bond acceptors (Lipinski definition) is 1. The summed E-state index contributed by atoms with van der Waals surface area (Å²) in [4.78, 5) is 0. The molecular formula is C19H17F3O. The highest BCUT2D eigenvalue weighted by Crippen LogP contribution is 2.62. The summed E-state index contributed by atoms with van der Waals surface area (Å²) in [5.41, 5.74) is 2.79. The van der Waals surface area contributed by atoms with Gasteiger partial charge < -0.3 is 5.11 Å². The van der Waals surface area contributed by atoms with Crippen molar-refractivity contribution in [3.63, 3.8) is 0 Å². The Morgan fingerprint density at radius 3 is 2.43 bits per heavy atom. The second-order valence-corrected chi connectivity index (χ2v) is 6.70. The molecule has 1 unspecified atom stereocenters. The van der Waals surface area contributed by atoms with Crippen molar-refractivity contribution in [1.29, 1.82) is 0 Å². The maximum absolute atomic E-state index is 13.4. The van der Waals surface area contributed by atoms with Crippen molar-refractivity contribution in [2.75, 3.05) is 0 Å². The molecular weight excluding hydrogens is 301 g/mol. The summed E-state index contributed by atoms with van der Waals surface area (Å²) < 4.78 is 40.2. The molecule has 0 saturated heterocycles. The third-order valence-electron chi connectivity index (χ3n) is 5.34. The van der Waals surface area contributed by atoms with Crippen LogP contribution in [0.1, 0.15) is 53.0 Å². The molecule has 4 rings (SSSR count). The highest BCUT2D eigenvalue weighted by atomic mass is 19.4. The van der Waals surface area contributed by atoms with Crippen LogP contribution in [-0.2, 0) is 18.2 Å². The average Bonchev–Trinajstić information content (AvgIpc) is 3.24. The Bertz CT molecular complexity index is 759. The van der Waals surface area contributed by atoms with Crippen molar-refractivity contribution in [3.05, 3.63) is 70.3 Å². The fraction of sp³-hybridized carbons (Fsp3) is 0.368. The van der Waals surface area contributed by atoms with Crippen LogP contribution in [0.3, 0.4) is 0 Å². The zero-order valence-corrected chi connectivity index (χ0v) is 12.5. The van der Waals surface area contributed by atoms with Crippen LogP contribution in [0.4, 0.5) is 13.2 Å². The Morgan fingerprint density at radius 1 is 1.04 bits per heavy atom. The molecule has 23 heavy (non-hydrogen) atoms. The Kier molecular flexibility index (Phi) is 3.11. The average molecular weight is 318 g/mol. The maximum Gasteiger partial charge on any atom is 0.416 e. The van der Waals surface area contributed by atoms with E-state index in [1.165, 1.54) is 17.7 Å². The van der Waals surface area contributed by atoms with E-state index >= 15 is 0 Å². The van der Waals surface area contributed by atoms with Crippen LogP contribution in [0.15, 0.2) is 42.5 Å². The Hall–Kier alpha value is -1.81. The quantitative estimate of drug-likeness (QED) is 0.846. The van der Waals surface area contributed by atoms with E-state index in [-0.39, 0.29) is 17.9 Å². The van der Waals surface area contributed by atoms with E-state index in [1.807, 2.05) is 18.2 Å². The van der Waals surface area contributed by atoms with Gasteiger partial charge in [0.15, 0.2) is 0 Å². The van der Waals surface area contributed by atoms with Gasteiger partial charge >= 0.3 is 6.18 Å². The molecule has 0 radical (unpaired) electrons. The van der Waals surface area contributed by atoms with Crippen LogP contribution in [0.2, 0.25) is 0 Å². The van der Waals surface area contributed by atoms with E-state index in [4.69, 9.17) is 0 Å². The monoisotopic (exact) mass is 318 g/mol. The second-order valence-electron chi connectivity index (χ2n) is 6.70. The molecule has 1 saturated carbocycles. The lowest BCUT2D eigenvalue weighted by Gasteiger charge is -2.19. The van der Waals surface area contributed by atoms with Crippen molar-refractivity contribution in [2.24, 2.45) is 0 Å². The van der Waals surface area contributed by atoms with Crippen LogP contribution in [-0.4, -0.2) is 5.11 Å². The molecule has 2 aromatic rings. The van der Waals surface area contributed by atoms with Gasteiger partial charge in [-0.3, -0.25) is 0 Å². The van der Waals surface area contributed by atoms with Gasteiger partial charge in [0.1, 0.15) is 0 Å². The fourth-order valence-corrected chi connectivity index (χ4v) is 4.05. The molecule has 0 aromatic heterocycles. The Morgan fingerprint density at radius 2 is 1.78 bits per heavy atom.